The number of carbonyl (C=O) groups excluding carboxylic acids is 2. The predicted octanol–water partition coefficient (Wildman–Crippen LogP) is 4.58. The van der Waals surface area contributed by atoms with E-state index >= 15 is 0 Å². The molecule has 3 aromatic rings. The fourth-order valence-corrected chi connectivity index (χ4v) is 4.18. The summed E-state index contributed by atoms with van der Waals surface area (Å²) in [5.41, 5.74) is -0.0993. The zero-order chi connectivity index (χ0) is 26.0. The number of alkyl halides is 3. The van der Waals surface area contributed by atoms with Crippen molar-refractivity contribution in [1.29, 1.82) is 5.26 Å². The van der Waals surface area contributed by atoms with Crippen LogP contribution in [0.2, 0.25) is 0 Å². The number of carbonyl (C=O) groups is 2. The number of methoxy groups -OCH3 is 1. The van der Waals surface area contributed by atoms with Gasteiger partial charge >= 0.3 is 0 Å². The van der Waals surface area contributed by atoms with Gasteiger partial charge < -0.3 is 10.1 Å². The first-order chi connectivity index (χ1) is 17.3. The predicted molar refractivity (Wildman–Crippen MR) is 120 cm³/mol. The molecule has 7 nitrogen and oxygen atoms in total. The summed E-state index contributed by atoms with van der Waals surface area (Å²) in [7, 11) is 1.36. The van der Waals surface area contributed by atoms with E-state index in [1.165, 1.54) is 49.7 Å². The smallest absolute Gasteiger partial charge is 0.287 e. The Kier molecular flexibility index (Phi) is 6.87. The molecule has 4 rings (SSSR count). The molecule has 2 aromatic carbocycles. The second-order valence-electron chi connectivity index (χ2n) is 7.86. The molecular formula is C25H18F4N4O3. The average Bonchev–Trinajstić information content (AvgIpc) is 2.89. The summed E-state index contributed by atoms with van der Waals surface area (Å²) in [4.78, 5) is 31.2. The molecule has 0 aliphatic carbocycles. The molecular weight excluding hydrogens is 480 g/mol. The summed E-state index contributed by atoms with van der Waals surface area (Å²) in [6.45, 7) is 0. The van der Waals surface area contributed by atoms with Crippen LogP contribution >= 0.6 is 0 Å². The number of halogens is 4. The van der Waals surface area contributed by atoms with E-state index < -0.39 is 42.3 Å². The largest absolute Gasteiger partial charge is 0.481 e. The van der Waals surface area contributed by atoms with Crippen molar-refractivity contribution in [3.63, 3.8) is 0 Å². The van der Waals surface area contributed by atoms with Gasteiger partial charge in [0.05, 0.1) is 24.6 Å². The minimum absolute atomic E-state index is 0.0520. The van der Waals surface area contributed by atoms with Gasteiger partial charge in [-0.25, -0.2) is 22.5 Å². The molecule has 36 heavy (non-hydrogen) atoms. The van der Waals surface area contributed by atoms with Crippen LogP contribution in [0.5, 0.6) is 5.88 Å². The van der Waals surface area contributed by atoms with Gasteiger partial charge in [-0.3, -0.25) is 14.5 Å². The number of benzene rings is 2. The summed E-state index contributed by atoms with van der Waals surface area (Å²) in [5, 5.41) is 11.6. The Bertz CT molecular complexity index is 1340. The molecule has 1 aliphatic rings. The van der Waals surface area contributed by atoms with Crippen molar-refractivity contribution in [2.24, 2.45) is 0 Å². The molecule has 0 fully saturated rings. The van der Waals surface area contributed by atoms with Gasteiger partial charge in [-0.2, -0.15) is 5.26 Å². The zero-order valence-corrected chi connectivity index (χ0v) is 18.7. The minimum Gasteiger partial charge on any atom is -0.481 e. The Hall–Kier alpha value is -4.46. The Morgan fingerprint density at radius 2 is 1.92 bits per heavy atom. The molecule has 2 heterocycles. The van der Waals surface area contributed by atoms with E-state index in [4.69, 9.17) is 10.00 Å². The quantitative estimate of drug-likeness (QED) is 0.397. The Morgan fingerprint density at radius 3 is 2.56 bits per heavy atom. The van der Waals surface area contributed by atoms with E-state index in [0.29, 0.717) is 4.90 Å². The highest BCUT2D eigenvalue weighted by Gasteiger charge is 2.49. The number of nitrogens with zero attached hydrogens (tertiary/aromatic N) is 3. The molecule has 1 aromatic heterocycles. The molecule has 3 unspecified atom stereocenters. The van der Waals surface area contributed by atoms with Crippen molar-refractivity contribution in [2.75, 3.05) is 12.4 Å². The summed E-state index contributed by atoms with van der Waals surface area (Å²) >= 11 is 0. The van der Waals surface area contributed by atoms with E-state index in [1.807, 2.05) is 0 Å². The van der Waals surface area contributed by atoms with Gasteiger partial charge in [-0.15, -0.1) is 0 Å². The fourth-order valence-electron chi connectivity index (χ4n) is 4.18. The van der Waals surface area contributed by atoms with Crippen LogP contribution in [0, 0.1) is 17.1 Å². The number of hydrogen-bond acceptors (Lipinski definition) is 5. The summed E-state index contributed by atoms with van der Waals surface area (Å²) in [6.07, 6.45) is -5.36. The second-order valence-corrected chi connectivity index (χ2v) is 7.86. The molecule has 1 N–H and O–H groups in total. The van der Waals surface area contributed by atoms with Crippen LogP contribution < -0.4 is 10.1 Å². The van der Waals surface area contributed by atoms with E-state index in [1.54, 1.807) is 12.1 Å². The molecule has 2 amide bonds. The number of hydrogen-bond donors (Lipinski definition) is 1. The van der Waals surface area contributed by atoms with Gasteiger partial charge in [0.25, 0.3) is 12.3 Å². The van der Waals surface area contributed by atoms with Crippen molar-refractivity contribution >= 4 is 17.5 Å². The van der Waals surface area contributed by atoms with Crippen molar-refractivity contribution in [3.05, 3.63) is 88.9 Å². The fraction of sp³-hybridized carbons (Fsp3) is 0.200. The third-order valence-corrected chi connectivity index (χ3v) is 5.80. The van der Waals surface area contributed by atoms with Crippen LogP contribution in [0.1, 0.15) is 39.0 Å². The normalized spacial score (nSPS) is 17.8. The Morgan fingerprint density at radius 1 is 1.17 bits per heavy atom. The highest BCUT2D eigenvalue weighted by atomic mass is 19.3. The number of nitrogens with one attached hydrogen (secondary N) is 1. The second kappa shape index (κ2) is 10.0. The topological polar surface area (TPSA) is 95.3 Å². The summed E-state index contributed by atoms with van der Waals surface area (Å²) in [6, 6.07) is 12.0. The molecule has 0 spiro atoms. The highest BCUT2D eigenvalue weighted by Crippen LogP contribution is 2.45. The van der Waals surface area contributed by atoms with Crippen molar-refractivity contribution in [2.45, 2.75) is 24.7 Å². The van der Waals surface area contributed by atoms with Gasteiger partial charge in [-0.1, -0.05) is 24.3 Å². The molecule has 11 heteroatoms. The molecule has 1 aliphatic heterocycles. The number of pyridine rings is 1. The number of fused-ring (bicyclic) bond motifs is 1. The maximum Gasteiger partial charge on any atom is 0.287 e. The lowest BCUT2D eigenvalue weighted by atomic mass is 9.79. The molecule has 0 radical (unpaired) electrons. The first-order valence-corrected chi connectivity index (χ1v) is 10.6. The van der Waals surface area contributed by atoms with Gasteiger partial charge in [-0.05, 0) is 35.4 Å². The lowest BCUT2D eigenvalue weighted by Crippen LogP contribution is -2.51. The maximum atomic E-state index is 14.9. The van der Waals surface area contributed by atoms with Crippen LogP contribution in [0.15, 0.2) is 60.8 Å². The van der Waals surface area contributed by atoms with Gasteiger partial charge in [0.2, 0.25) is 18.1 Å². The van der Waals surface area contributed by atoms with Crippen LogP contribution in [-0.4, -0.2) is 41.5 Å². The lowest BCUT2D eigenvalue weighted by Gasteiger charge is -2.42. The lowest BCUT2D eigenvalue weighted by molar-refractivity contribution is -0.121. The van der Waals surface area contributed by atoms with E-state index in [0.717, 1.165) is 12.1 Å². The standard InChI is InChI=1S/C25H18F4N4O3/c1-36-19-9-6-13(12-31-19)21-20(24(34)32-15-7-8-18(26)14(10-15)11-30)16-4-2-3-5-17(16)25(35)33(21)23(29)22(27)28/h2-10,12,20-23H,1H3,(H,32,34). The highest BCUT2D eigenvalue weighted by molar-refractivity contribution is 6.04. The Labute approximate surface area is 202 Å². The number of aromatic nitrogens is 1. The number of nitriles is 1. The van der Waals surface area contributed by atoms with Gasteiger partial charge in [0.15, 0.2) is 0 Å². The maximum absolute atomic E-state index is 14.9. The monoisotopic (exact) mass is 498 g/mol. The van der Waals surface area contributed by atoms with Crippen LogP contribution in [0.4, 0.5) is 23.2 Å². The van der Waals surface area contributed by atoms with E-state index in [2.05, 4.69) is 10.3 Å². The molecule has 0 bridgehead atoms. The molecule has 3 atom stereocenters. The number of rotatable bonds is 6. The third-order valence-electron chi connectivity index (χ3n) is 5.80. The third kappa shape index (κ3) is 4.45. The van der Waals surface area contributed by atoms with E-state index in [9.17, 15) is 27.2 Å². The summed E-state index contributed by atoms with van der Waals surface area (Å²) in [5.74, 6) is -3.79. The number of anilines is 1. The van der Waals surface area contributed by atoms with Crippen molar-refractivity contribution in [3.8, 4) is 11.9 Å². The average molecular weight is 498 g/mol. The van der Waals surface area contributed by atoms with Crippen LogP contribution in [0.3, 0.4) is 0 Å². The first kappa shape index (κ1) is 24.7. The number of ether oxygens (including phenoxy) is 1. The van der Waals surface area contributed by atoms with Crippen LogP contribution in [-0.2, 0) is 4.79 Å². The first-order valence-electron chi connectivity index (χ1n) is 10.6. The van der Waals surface area contributed by atoms with Crippen molar-refractivity contribution < 1.29 is 31.9 Å². The van der Waals surface area contributed by atoms with Gasteiger partial charge in [0, 0.05) is 23.5 Å². The van der Waals surface area contributed by atoms with Gasteiger partial charge in [0.1, 0.15) is 11.9 Å². The molecule has 184 valence electrons. The summed E-state index contributed by atoms with van der Waals surface area (Å²) < 4.78 is 60.9. The number of amides is 2. The SMILES string of the molecule is COc1ccc(C2C(C(=O)Nc3ccc(F)c(C#N)c3)c3ccccc3C(=O)N2C(F)C(F)F)cn1. The van der Waals surface area contributed by atoms with Crippen molar-refractivity contribution in [1.82, 2.24) is 9.88 Å². The van der Waals surface area contributed by atoms with E-state index in [-0.39, 0.29) is 33.8 Å². The molecule has 0 saturated carbocycles. The Balaban J connectivity index is 1.87. The zero-order valence-electron chi connectivity index (χ0n) is 18.7. The molecule has 0 saturated heterocycles. The van der Waals surface area contributed by atoms with Crippen LogP contribution in [0.25, 0.3) is 0 Å². The minimum atomic E-state index is -3.55.